The van der Waals surface area contributed by atoms with Crippen LogP contribution in [0.1, 0.15) is 23.3 Å². The molecule has 2 aromatic rings. The van der Waals surface area contributed by atoms with Crippen LogP contribution in [0.15, 0.2) is 22.3 Å². The zero-order chi connectivity index (χ0) is 19.3. The quantitative estimate of drug-likeness (QED) is 0.637. The first kappa shape index (κ1) is 17.3. The fourth-order valence-electron chi connectivity index (χ4n) is 3.66. The highest BCUT2D eigenvalue weighted by Gasteiger charge is 2.31. The highest BCUT2D eigenvalue weighted by Crippen LogP contribution is 2.42. The normalized spacial score (nSPS) is 19.1. The smallest absolute Gasteiger partial charge is 0.341 e. The number of hydrogen-bond acceptors (Lipinski definition) is 6. The molecule has 0 bridgehead atoms. The summed E-state index contributed by atoms with van der Waals surface area (Å²) in [4.78, 5) is 36.4. The fraction of sp³-hybridized carbons (Fsp3) is 0.412. The number of halogens is 1. The van der Waals surface area contributed by atoms with Gasteiger partial charge in [-0.2, -0.15) is 0 Å². The van der Waals surface area contributed by atoms with Crippen LogP contribution in [0.25, 0.3) is 10.9 Å². The van der Waals surface area contributed by atoms with Gasteiger partial charge in [0.15, 0.2) is 11.6 Å². The van der Waals surface area contributed by atoms with Gasteiger partial charge >= 0.3 is 5.97 Å². The third-order valence-corrected chi connectivity index (χ3v) is 5.06. The number of hydrogen-bond donors (Lipinski definition) is 1. The predicted octanol–water partition coefficient (Wildman–Crippen LogP) is 1.60. The van der Waals surface area contributed by atoms with Crippen LogP contribution in [0.4, 0.5) is 10.1 Å². The van der Waals surface area contributed by atoms with E-state index in [1.807, 2.05) is 6.92 Å². The molecule has 142 valence electrons. The average molecular weight is 380 g/mol. The Morgan fingerprint density at radius 2 is 2.04 bits per heavy atom. The standard InChI is InChI=1S/C17H17FN4O5/c1-9-8-27-16-13-10(15(23)11(17(24)25)7-22(9)13)6-12(18)14(16)20-2-4-21(19-26)5-3-20/h6-7,9H,2-5,8H2,1H3,(H,24,25)/t9-/m0/s1/i2+1,3+1,4+1,5+1. The van der Waals surface area contributed by atoms with E-state index in [1.165, 1.54) is 11.2 Å². The van der Waals surface area contributed by atoms with Crippen LogP contribution in [0.5, 0.6) is 5.75 Å². The first-order chi connectivity index (χ1) is 12.9. The van der Waals surface area contributed by atoms with Gasteiger partial charge in [-0.1, -0.05) is 0 Å². The molecular weight excluding hydrogens is 363 g/mol. The van der Waals surface area contributed by atoms with Gasteiger partial charge in [-0.15, -0.1) is 4.91 Å². The van der Waals surface area contributed by atoms with Crippen molar-refractivity contribution >= 4 is 22.6 Å². The van der Waals surface area contributed by atoms with Crippen LogP contribution in [0.2, 0.25) is 0 Å². The molecule has 0 amide bonds. The van der Waals surface area contributed by atoms with Gasteiger partial charge in [0.2, 0.25) is 5.43 Å². The summed E-state index contributed by atoms with van der Waals surface area (Å²) < 4.78 is 22.4. The fourth-order valence-corrected chi connectivity index (χ4v) is 3.66. The maximum atomic E-state index is 15.0. The van der Waals surface area contributed by atoms with Crippen molar-refractivity contribution in [3.8, 4) is 5.75 Å². The van der Waals surface area contributed by atoms with E-state index in [1.54, 1.807) is 9.47 Å². The second-order valence-electron chi connectivity index (χ2n) is 6.70. The summed E-state index contributed by atoms with van der Waals surface area (Å²) in [5.74, 6) is -1.79. The van der Waals surface area contributed by atoms with Crippen molar-refractivity contribution in [2.75, 3.05) is 37.7 Å². The van der Waals surface area contributed by atoms with E-state index in [4.69, 9.17) is 4.74 Å². The Labute approximate surface area is 152 Å². The Morgan fingerprint density at radius 3 is 2.67 bits per heavy atom. The van der Waals surface area contributed by atoms with Gasteiger partial charge in [0.1, 0.15) is 17.9 Å². The average Bonchev–Trinajstić information content (AvgIpc) is 2.66. The van der Waals surface area contributed by atoms with Crippen LogP contribution < -0.4 is 15.1 Å². The molecule has 1 N–H and O–H groups in total. The summed E-state index contributed by atoms with van der Waals surface area (Å²) in [6, 6.07) is 0.860. The lowest BCUT2D eigenvalue weighted by molar-refractivity contribution is 0.0694. The first-order valence-electron chi connectivity index (χ1n) is 8.53. The summed E-state index contributed by atoms with van der Waals surface area (Å²) in [7, 11) is 0. The molecule has 1 fully saturated rings. The first-order valence-corrected chi connectivity index (χ1v) is 8.53. The Kier molecular flexibility index (Phi) is 3.97. The maximum absolute atomic E-state index is 15.0. The second kappa shape index (κ2) is 6.22. The minimum atomic E-state index is -1.35. The lowest BCUT2D eigenvalue weighted by atomic mass is 10.1. The van der Waals surface area contributed by atoms with Gasteiger partial charge < -0.3 is 19.3 Å². The van der Waals surface area contributed by atoms with Crippen LogP contribution >= 0.6 is 0 Å². The second-order valence-corrected chi connectivity index (χ2v) is 6.70. The SMILES string of the molecule is C[C@H]1COc2c(N3[13CH2][13CH2]N(N=O)[13CH2][13CH2]3)c(F)cc3c(=O)c(C(=O)O)cn1c23. The van der Waals surface area contributed by atoms with Gasteiger partial charge in [-0.05, 0) is 13.0 Å². The molecule has 9 nitrogen and oxygen atoms in total. The van der Waals surface area contributed by atoms with Crippen molar-refractivity contribution in [3.05, 3.63) is 38.8 Å². The van der Waals surface area contributed by atoms with E-state index in [0.29, 0.717) is 31.7 Å². The molecule has 4 rings (SSSR count). The highest BCUT2D eigenvalue weighted by atomic mass is 19.1. The number of benzene rings is 1. The number of piperazine rings is 1. The van der Waals surface area contributed by atoms with Gasteiger partial charge in [-0.25, -0.2) is 9.18 Å². The number of nitroso groups, excluding NO2 is 1. The molecule has 0 unspecified atom stereocenters. The molecule has 1 saturated heterocycles. The number of nitrogens with zero attached hydrogens (tertiary/aromatic N) is 4. The van der Waals surface area contributed by atoms with Crippen molar-refractivity contribution in [2.24, 2.45) is 5.29 Å². The van der Waals surface area contributed by atoms with E-state index in [-0.39, 0.29) is 29.5 Å². The molecule has 0 saturated carbocycles. The van der Waals surface area contributed by atoms with E-state index in [0.717, 1.165) is 6.07 Å². The molecule has 3 heterocycles. The van der Waals surface area contributed by atoms with Crippen LogP contribution in [0, 0.1) is 10.7 Å². The number of pyridine rings is 1. The number of aromatic carboxylic acids is 1. The summed E-state index contributed by atoms with van der Waals surface area (Å²) in [5.41, 5.74) is -0.541. The Balaban J connectivity index is 1.95. The molecule has 27 heavy (non-hydrogen) atoms. The van der Waals surface area contributed by atoms with E-state index in [2.05, 4.69) is 5.29 Å². The minimum absolute atomic E-state index is 0.0223. The van der Waals surface area contributed by atoms with Crippen LogP contribution in [0.3, 0.4) is 0 Å². The van der Waals surface area contributed by atoms with Crippen molar-refractivity contribution < 1.29 is 19.0 Å². The molecular formula is C17H17FN4O5. The Bertz CT molecular complexity index is 1010. The number of carboxylic acids is 1. The largest absolute Gasteiger partial charge is 0.487 e. The number of ether oxygens (including phenoxy) is 1. The summed E-state index contributed by atoms with van der Waals surface area (Å²) in [6.07, 6.45) is 1.29. The van der Waals surface area contributed by atoms with Gasteiger partial charge in [0.05, 0.1) is 35.3 Å². The van der Waals surface area contributed by atoms with Crippen molar-refractivity contribution in [3.63, 3.8) is 0 Å². The minimum Gasteiger partial charge on any atom is -0.487 e. The molecule has 0 spiro atoms. The molecule has 10 heteroatoms. The molecule has 1 aromatic carbocycles. The zero-order valence-corrected chi connectivity index (χ0v) is 14.5. The van der Waals surface area contributed by atoms with E-state index < -0.39 is 22.8 Å². The highest BCUT2D eigenvalue weighted by molar-refractivity contribution is 5.97. The van der Waals surface area contributed by atoms with Crippen molar-refractivity contribution in [1.82, 2.24) is 9.58 Å². The van der Waals surface area contributed by atoms with Crippen molar-refractivity contribution in [2.45, 2.75) is 13.0 Å². The number of aromatic nitrogens is 1. The van der Waals surface area contributed by atoms with Gasteiger partial charge in [0.25, 0.3) is 0 Å². The Morgan fingerprint density at radius 1 is 1.33 bits per heavy atom. The topological polar surface area (TPSA) is 104 Å². The molecule has 0 aliphatic carbocycles. The van der Waals surface area contributed by atoms with Gasteiger partial charge in [0, 0.05) is 19.3 Å². The lowest BCUT2D eigenvalue weighted by Gasteiger charge is -2.36. The number of anilines is 1. The maximum Gasteiger partial charge on any atom is 0.341 e. The van der Waals surface area contributed by atoms with Crippen LogP contribution in [-0.4, -0.2) is 53.4 Å². The Hall–Kier alpha value is -3.17. The molecule has 1 atom stereocenters. The summed E-state index contributed by atoms with van der Waals surface area (Å²) in [5, 5.41) is 13.5. The molecule has 0 radical (unpaired) electrons. The third-order valence-electron chi connectivity index (χ3n) is 5.06. The third kappa shape index (κ3) is 2.59. The zero-order valence-electron chi connectivity index (χ0n) is 14.5. The van der Waals surface area contributed by atoms with Gasteiger partial charge in [-0.3, -0.25) is 9.80 Å². The monoisotopic (exact) mass is 380 g/mol. The number of carbonyl (C=O) groups is 1. The lowest BCUT2D eigenvalue weighted by Crippen LogP contribution is -2.44. The molecule has 2 aliphatic heterocycles. The van der Waals surface area contributed by atoms with E-state index >= 15 is 0 Å². The number of carboxylic acid groups (broad SMARTS) is 1. The summed E-state index contributed by atoms with van der Waals surface area (Å²) >= 11 is 0. The predicted molar refractivity (Wildman–Crippen MR) is 94.9 cm³/mol. The summed E-state index contributed by atoms with van der Waals surface area (Å²) in [6.45, 7) is 3.49. The van der Waals surface area contributed by atoms with E-state index in [9.17, 15) is 24.0 Å². The molecule has 1 aromatic heterocycles. The van der Waals surface area contributed by atoms with Crippen molar-refractivity contribution in [1.29, 1.82) is 0 Å². The molecule has 2 aliphatic rings. The van der Waals surface area contributed by atoms with Crippen LogP contribution in [-0.2, 0) is 0 Å². The number of rotatable bonds is 3.